The molecule has 105 heavy (non-hydrogen) atoms. The molecule has 3 aliphatic heterocycles. The number of carbonyl (C=O) groups is 9. The van der Waals surface area contributed by atoms with Crippen molar-refractivity contribution in [2.75, 3.05) is 46.1 Å². The molecule has 6 N–H and O–H groups in total. The molecule has 26 nitrogen and oxygen atoms in total. The highest BCUT2D eigenvalue weighted by Gasteiger charge is 2.78. The molecular weight excluding hydrogens is 1360 g/mol. The number of hydrogen-bond acceptors (Lipinski definition) is 24. The second kappa shape index (κ2) is 28.7. The van der Waals surface area contributed by atoms with Crippen LogP contribution in [-0.4, -0.2) is 157 Å². The van der Waals surface area contributed by atoms with Gasteiger partial charge in [-0.15, -0.1) is 0 Å². The van der Waals surface area contributed by atoms with E-state index in [1.807, 2.05) is 12.1 Å². The predicted octanol–water partition coefficient (Wildman–Crippen LogP) is 8.04. The molecule has 0 aromatic heterocycles. The highest BCUT2D eigenvalue weighted by Crippen LogP contribution is 2.65. The summed E-state index contributed by atoms with van der Waals surface area (Å²) >= 11 is 0. The van der Waals surface area contributed by atoms with Gasteiger partial charge in [0.25, 0.3) is 11.8 Å². The van der Waals surface area contributed by atoms with Crippen molar-refractivity contribution in [1.29, 1.82) is 0 Å². The number of phenols is 1. The molecule has 3 heterocycles. The highest BCUT2D eigenvalue weighted by atomic mass is 16.7. The third-order valence-corrected chi connectivity index (χ3v) is 22.1. The van der Waals surface area contributed by atoms with Gasteiger partial charge in [0.1, 0.15) is 30.0 Å². The zero-order valence-corrected chi connectivity index (χ0v) is 58.9. The fourth-order valence-electron chi connectivity index (χ4n) is 16.8. The molecule has 2 bridgehead atoms. The van der Waals surface area contributed by atoms with Crippen LogP contribution in [-0.2, 0) is 61.9 Å². The monoisotopic (exact) mass is 1440 g/mol. The van der Waals surface area contributed by atoms with Crippen LogP contribution in [0.1, 0.15) is 139 Å². The molecule has 4 fully saturated rings. The first-order valence-corrected chi connectivity index (χ1v) is 34.6. The van der Waals surface area contributed by atoms with E-state index in [4.69, 9.17) is 52.1 Å². The molecule has 0 spiro atoms. The molecule has 6 aromatic rings. The molecule has 4 aliphatic carbocycles. The normalized spacial score (nSPS) is 27.7. The summed E-state index contributed by atoms with van der Waals surface area (Å²) in [5.41, 5.74) is -4.91. The molecule has 2 saturated heterocycles. The Hall–Kier alpha value is -10.8. The number of aliphatic hydroxyl groups excluding tert-OH is 1. The van der Waals surface area contributed by atoms with Crippen molar-refractivity contribution in [2.45, 2.75) is 133 Å². The van der Waals surface area contributed by atoms with E-state index in [0.717, 1.165) is 25.0 Å². The molecule has 550 valence electrons. The lowest BCUT2D eigenvalue weighted by Crippen LogP contribution is -2.82. The Labute approximate surface area is 603 Å². The van der Waals surface area contributed by atoms with Crippen molar-refractivity contribution in [3.63, 3.8) is 0 Å². The zero-order valence-electron chi connectivity index (χ0n) is 58.9. The van der Waals surface area contributed by atoms with Gasteiger partial charge in [-0.3, -0.25) is 33.6 Å². The van der Waals surface area contributed by atoms with Gasteiger partial charge in [-0.1, -0.05) is 80.6 Å². The van der Waals surface area contributed by atoms with Crippen LogP contribution in [0.4, 0.5) is 5.69 Å². The fraction of sp³-hybridized carbons (Fsp3) is 0.405. The van der Waals surface area contributed by atoms with Crippen LogP contribution in [0.15, 0.2) is 151 Å². The maximum atomic E-state index is 16.0. The van der Waals surface area contributed by atoms with Crippen LogP contribution in [0.2, 0.25) is 0 Å². The van der Waals surface area contributed by atoms with Gasteiger partial charge < -0.3 is 83.4 Å². The lowest BCUT2D eigenvalue weighted by atomic mass is 9.44. The van der Waals surface area contributed by atoms with Gasteiger partial charge in [-0.25, -0.2) is 9.59 Å². The van der Waals surface area contributed by atoms with Gasteiger partial charge in [0, 0.05) is 73.7 Å². The number of nitrogens with one attached hydrogen (secondary N) is 3. The van der Waals surface area contributed by atoms with E-state index in [0.29, 0.717) is 22.7 Å². The molecule has 2 amide bonds. The number of aromatic hydroxyl groups is 1. The van der Waals surface area contributed by atoms with Crippen LogP contribution in [0.3, 0.4) is 0 Å². The number of carbonyl (C=O) groups excluding carboxylic acids is 9. The summed E-state index contributed by atoms with van der Waals surface area (Å²) in [6, 6.07) is 35.6. The first kappa shape index (κ1) is 72.5. The summed E-state index contributed by atoms with van der Waals surface area (Å²) in [7, 11) is 2.84. The Bertz CT molecular complexity index is 4430. The van der Waals surface area contributed by atoms with Crippen molar-refractivity contribution in [3.8, 4) is 28.7 Å². The first-order valence-electron chi connectivity index (χ1n) is 34.6. The smallest absolute Gasteiger partial charge is 0.350 e. The van der Waals surface area contributed by atoms with Crippen molar-refractivity contribution < 1.29 is 111 Å². The number of aliphatic hydroxyl groups is 2. The average molecular weight is 1440 g/mol. The fourth-order valence-corrected chi connectivity index (χ4v) is 16.8. The number of hydrogen-bond donors (Lipinski definition) is 6. The number of fused-ring (bicyclic) bond motifs is 8. The number of methoxy groups -OCH3 is 2. The van der Waals surface area contributed by atoms with Gasteiger partial charge in [0.05, 0.1) is 62.4 Å². The predicted molar refractivity (Wildman–Crippen MR) is 369 cm³/mol. The van der Waals surface area contributed by atoms with E-state index >= 15 is 9.59 Å². The lowest BCUT2D eigenvalue weighted by molar-refractivity contribution is -0.346. The van der Waals surface area contributed by atoms with Gasteiger partial charge in [0.15, 0.2) is 40.5 Å². The number of benzene rings is 6. The van der Waals surface area contributed by atoms with Crippen LogP contribution in [0.25, 0.3) is 0 Å². The molecule has 13 rings (SSSR count). The summed E-state index contributed by atoms with van der Waals surface area (Å²) in [6.45, 7) is 7.74. The summed E-state index contributed by atoms with van der Waals surface area (Å²) in [4.78, 5) is 130. The van der Waals surface area contributed by atoms with Crippen molar-refractivity contribution in [1.82, 2.24) is 10.6 Å². The van der Waals surface area contributed by atoms with Crippen LogP contribution in [0.5, 0.6) is 28.7 Å². The average Bonchev–Trinajstić information content (AvgIpc) is 1.51. The minimum Gasteiger partial charge on any atom is -0.502 e. The van der Waals surface area contributed by atoms with Crippen LogP contribution >= 0.6 is 0 Å². The molecule has 0 radical (unpaired) electrons. The van der Waals surface area contributed by atoms with E-state index in [1.165, 1.54) is 66.2 Å². The number of amides is 2. The number of ketones is 1. The van der Waals surface area contributed by atoms with E-state index in [1.54, 1.807) is 103 Å². The molecule has 26 heteroatoms. The van der Waals surface area contributed by atoms with Gasteiger partial charge >= 0.3 is 35.8 Å². The van der Waals surface area contributed by atoms with Gasteiger partial charge in [0.2, 0.25) is 18.6 Å². The molecule has 6 aromatic carbocycles. The lowest BCUT2D eigenvalue weighted by Gasteiger charge is -2.67. The van der Waals surface area contributed by atoms with E-state index in [-0.39, 0.29) is 90.0 Å². The second-order valence-electron chi connectivity index (χ2n) is 28.3. The summed E-state index contributed by atoms with van der Waals surface area (Å²) < 4.78 is 65.9. The number of esters is 6. The van der Waals surface area contributed by atoms with E-state index < -0.39 is 161 Å². The van der Waals surface area contributed by atoms with Crippen molar-refractivity contribution in [3.05, 3.63) is 190 Å². The molecule has 0 unspecified atom stereocenters. The summed E-state index contributed by atoms with van der Waals surface area (Å²) in [5, 5.41) is 46.7. The minimum absolute atomic E-state index is 0.00823. The SMILES string of the molecule is COc1cc([C@@H]2c3cc4c(cc3[C@@H](Nc3ccc(C(=O)NCCCC(=O)O[C@@H](C(=O)O[C@H]5C[C@@]6(O)[C@@H](OC(=O)c7ccccc7)[C@@H]7[C@]8(OC(C)=O)CO[C@@H]8C[C@H](O)[C@@]7(C)C(=O)[C@H](OC(C)=O)C(=C5C)C6(C)C)[C@@H](NC(=O)c5ccccc5)c5ccccc5)cc3)[C@H]3COC(=O)[C@H]23)OCO4)cc(OC)c1O. The number of phenolic OH excluding ortho intramolecular Hbond substituents is 1. The van der Waals surface area contributed by atoms with E-state index in [9.17, 15) is 48.9 Å². The Morgan fingerprint density at radius 3 is 1.95 bits per heavy atom. The van der Waals surface area contributed by atoms with Crippen molar-refractivity contribution >= 4 is 59.1 Å². The topological polar surface area (TPSA) is 352 Å². The largest absolute Gasteiger partial charge is 0.502 e. The maximum Gasteiger partial charge on any atom is 0.350 e. The Morgan fingerprint density at radius 1 is 0.724 bits per heavy atom. The van der Waals surface area contributed by atoms with Crippen LogP contribution in [0, 0.1) is 28.6 Å². The number of anilines is 1. The third kappa shape index (κ3) is 13.0. The number of cyclic esters (lactones) is 1. The Kier molecular flexibility index (Phi) is 19.8. The second-order valence-corrected chi connectivity index (χ2v) is 28.3. The summed E-state index contributed by atoms with van der Waals surface area (Å²) in [6.07, 6.45) is -11.7. The molecule has 15 atom stereocenters. The molecule has 2 saturated carbocycles. The van der Waals surface area contributed by atoms with E-state index in [2.05, 4.69) is 16.0 Å². The standard InChI is InChI=1S/C79H81N3O23/c1-40-56(36-79(94)70(104-73(91)46-23-16-11-17-24-46)68-77(6,57(85)35-58-78(68,38-98-58)105-42(3)84)69(88)66(101-41(2)83)62(40)76(79,4)5)102-75(93)67(63(43-19-12-9-13-20-43)82-72(90)44-21-14-10-15-22-44)103-59(86)25-18-30-80-71(89)45-26-28-48(29-27-45)81-64-50-34-53-52(99-39-100-53)33-49(50)60(61-51(64)37-97-74(61)92)47-31-54(95-7)65(87)55(32-47)96-8/h9-17,19-24,26-29,31-34,51,56-58,60-61,63-64,66-68,70,81,85,87,94H,18,25,30,35-39H2,1-8H3,(H,80,89)(H,82,90)/t51-,56-,57-,58+,60+,61-,63-,64+,66+,67+,68-,70-,77+,78-,79+/m0/s1. The number of rotatable bonds is 21. The first-order chi connectivity index (χ1) is 50.2. The highest BCUT2D eigenvalue weighted by molar-refractivity contribution is 5.97. The zero-order chi connectivity index (χ0) is 74.6. The van der Waals surface area contributed by atoms with Crippen molar-refractivity contribution in [2.24, 2.45) is 28.6 Å². The van der Waals surface area contributed by atoms with Gasteiger partial charge in [-0.05, 0) is 126 Å². The molecular formula is C79H81N3O23. The van der Waals surface area contributed by atoms with Crippen LogP contribution < -0.4 is 34.9 Å². The molecule has 7 aliphatic rings. The summed E-state index contributed by atoms with van der Waals surface area (Å²) in [5.74, 6) is -9.85. The van der Waals surface area contributed by atoms with Gasteiger partial charge in [-0.2, -0.15) is 0 Å². The third-order valence-electron chi connectivity index (χ3n) is 22.1. The number of ether oxygens (including phenoxy) is 11. The number of Topliss-reactive ketones (excluding diaryl/α,β-unsaturated/α-hetero) is 1. The minimum atomic E-state index is -2.54. The quantitative estimate of drug-likeness (QED) is 0.0172. The maximum absolute atomic E-state index is 16.0. The Balaban J connectivity index is 0.774. The Morgan fingerprint density at radius 2 is 1.34 bits per heavy atom.